The van der Waals surface area contributed by atoms with Crippen LogP contribution in [-0.2, 0) is 49.6 Å². The molecule has 0 unspecified atom stereocenters. The molecule has 62 heavy (non-hydrogen) atoms. The van der Waals surface area contributed by atoms with Crippen LogP contribution in [0.4, 0.5) is 0 Å². The predicted molar refractivity (Wildman–Crippen MR) is 225 cm³/mol. The molecule has 21 heteroatoms. The number of rotatable bonds is 11. The molecule has 21 nitrogen and oxygen atoms in total. The summed E-state index contributed by atoms with van der Waals surface area (Å²) in [6.45, 7) is 0.772. The van der Waals surface area contributed by atoms with Gasteiger partial charge in [-0.25, -0.2) is 0 Å². The Balaban J connectivity index is 1.62. The molecule has 0 spiro atoms. The van der Waals surface area contributed by atoms with Crippen molar-refractivity contribution in [1.82, 2.24) is 52.0 Å². The maximum absolute atomic E-state index is 14.0. The van der Waals surface area contributed by atoms with Gasteiger partial charge in [0, 0.05) is 36.6 Å². The van der Waals surface area contributed by atoms with Gasteiger partial charge in [-0.3, -0.25) is 43.2 Å². The Morgan fingerprint density at radius 3 is 2.34 bits per heavy atom. The highest BCUT2D eigenvalue weighted by Gasteiger charge is 2.39. The number of nitrogens with zero attached hydrogens (tertiary/aromatic N) is 2. The van der Waals surface area contributed by atoms with Gasteiger partial charge in [0.05, 0.1) is 13.0 Å². The third-order valence-corrected chi connectivity index (χ3v) is 10.8. The molecule has 1 aromatic heterocycles. The van der Waals surface area contributed by atoms with Gasteiger partial charge in [0.2, 0.25) is 53.2 Å². The Kier molecular flexibility index (Phi) is 18.6. The number of hydrogen-bond donors (Lipinski definition) is 10. The van der Waals surface area contributed by atoms with E-state index in [2.05, 4.69) is 42.2 Å². The smallest absolute Gasteiger partial charge is 0.246 e. The Bertz CT molecular complexity index is 1940. The summed E-state index contributed by atoms with van der Waals surface area (Å²) in [7, 11) is 3.83. The van der Waals surface area contributed by atoms with Crippen LogP contribution < -0.4 is 43.0 Å². The topological polar surface area (TPSA) is 306 Å². The summed E-state index contributed by atoms with van der Waals surface area (Å²) in [5, 5.41) is 28.5. The van der Waals surface area contributed by atoms with Crippen molar-refractivity contribution in [3.8, 4) is 0 Å². The molecule has 4 rings (SSSR count). The standard InChI is InChI=1S/C41H61N11O10/c1-24-37(58)45-22-34(55)47-28(14-7-9-17-51(2)3)39(60)49-30(19-25-21-44-27-12-5-4-11-26(25)27)38(59)43-16-8-6-13-29(48-35(56)23-53)40(61)50-31(20-33(54)46-24)41(62)52-18-10-15-32(52)36(42)57/h4-5,11-12,21,24,28-32,44,53H,6-10,13-20,22-23H2,1-3H3,(H2,42,57)(H,43,59)(H,45,58)(H,46,54)(H,47,55)(H,48,56)(H,49,60)(H,50,61)/t24-,28-,29-,30-,31-,32-/m0/s1. The fourth-order valence-electron chi connectivity index (χ4n) is 7.48. The number of carbonyl (C=O) groups is 9. The van der Waals surface area contributed by atoms with Crippen LogP contribution in [0.2, 0.25) is 0 Å². The average molecular weight is 868 g/mol. The number of H-pyrrole nitrogens is 1. The first-order valence-corrected chi connectivity index (χ1v) is 21.0. The minimum Gasteiger partial charge on any atom is -0.387 e. The number of aromatic nitrogens is 1. The minimum absolute atomic E-state index is 0.0178. The number of amides is 9. The van der Waals surface area contributed by atoms with E-state index in [0.717, 1.165) is 23.0 Å². The highest BCUT2D eigenvalue weighted by atomic mass is 16.3. The number of benzene rings is 1. The summed E-state index contributed by atoms with van der Waals surface area (Å²) in [4.78, 5) is 126. The van der Waals surface area contributed by atoms with Crippen LogP contribution in [0, 0.1) is 0 Å². The van der Waals surface area contributed by atoms with Gasteiger partial charge >= 0.3 is 0 Å². The van der Waals surface area contributed by atoms with Crippen LogP contribution in [-0.4, -0.2) is 156 Å². The van der Waals surface area contributed by atoms with Crippen molar-refractivity contribution < 1.29 is 48.3 Å². The zero-order valence-corrected chi connectivity index (χ0v) is 35.6. The van der Waals surface area contributed by atoms with E-state index >= 15 is 0 Å². The van der Waals surface area contributed by atoms with Gasteiger partial charge in [-0.15, -0.1) is 0 Å². The van der Waals surface area contributed by atoms with Gasteiger partial charge < -0.3 is 62.8 Å². The van der Waals surface area contributed by atoms with E-state index in [1.54, 1.807) is 6.20 Å². The molecule has 2 fully saturated rings. The van der Waals surface area contributed by atoms with E-state index in [1.165, 1.54) is 11.8 Å². The van der Waals surface area contributed by atoms with Gasteiger partial charge in [0.1, 0.15) is 42.9 Å². The van der Waals surface area contributed by atoms with E-state index in [0.29, 0.717) is 25.7 Å². The third kappa shape index (κ3) is 14.5. The first-order chi connectivity index (χ1) is 29.6. The van der Waals surface area contributed by atoms with Crippen molar-refractivity contribution in [2.45, 2.75) is 107 Å². The molecule has 2 aliphatic rings. The number of fused-ring (bicyclic) bond motifs is 1. The Hall–Kier alpha value is -6.09. The zero-order valence-electron chi connectivity index (χ0n) is 35.6. The fraction of sp³-hybridized carbons (Fsp3) is 0.585. The summed E-state index contributed by atoms with van der Waals surface area (Å²) in [6, 6.07) is 0.238. The highest BCUT2D eigenvalue weighted by Crippen LogP contribution is 2.21. The van der Waals surface area contributed by atoms with Gasteiger partial charge in [-0.2, -0.15) is 0 Å². The van der Waals surface area contributed by atoms with E-state index in [1.807, 2.05) is 43.3 Å². The summed E-state index contributed by atoms with van der Waals surface area (Å²) in [5.74, 6) is -6.75. The van der Waals surface area contributed by atoms with Gasteiger partial charge in [0.25, 0.3) is 0 Å². The predicted octanol–water partition coefficient (Wildman–Crippen LogP) is -2.84. The number of para-hydroxylation sites is 1. The number of aromatic amines is 1. The van der Waals surface area contributed by atoms with Crippen molar-refractivity contribution in [1.29, 1.82) is 0 Å². The first-order valence-electron chi connectivity index (χ1n) is 21.0. The van der Waals surface area contributed by atoms with Crippen LogP contribution in [0.5, 0.6) is 0 Å². The lowest BCUT2D eigenvalue weighted by molar-refractivity contribution is -0.142. The second-order valence-electron chi connectivity index (χ2n) is 16.0. The van der Waals surface area contributed by atoms with Crippen molar-refractivity contribution >= 4 is 64.1 Å². The maximum Gasteiger partial charge on any atom is 0.246 e. The van der Waals surface area contributed by atoms with Crippen LogP contribution in [0.3, 0.4) is 0 Å². The molecule has 0 bridgehead atoms. The molecule has 3 heterocycles. The molecule has 2 saturated heterocycles. The number of aliphatic hydroxyl groups is 1. The number of carbonyl (C=O) groups excluding carboxylic acids is 9. The number of unbranched alkanes of at least 4 members (excludes halogenated alkanes) is 1. The zero-order chi connectivity index (χ0) is 45.3. The Morgan fingerprint density at radius 1 is 0.855 bits per heavy atom. The highest BCUT2D eigenvalue weighted by molar-refractivity contribution is 5.98. The maximum atomic E-state index is 14.0. The van der Waals surface area contributed by atoms with Crippen LogP contribution in [0.1, 0.15) is 70.3 Å². The second-order valence-corrected chi connectivity index (χ2v) is 16.0. The number of nitrogens with one attached hydrogen (secondary N) is 8. The number of aliphatic hydroxyl groups excluding tert-OH is 1. The van der Waals surface area contributed by atoms with Gasteiger partial charge in [-0.05, 0) is 90.6 Å². The molecule has 11 N–H and O–H groups in total. The fourth-order valence-corrected chi connectivity index (χ4v) is 7.48. The summed E-state index contributed by atoms with van der Waals surface area (Å²) >= 11 is 0. The third-order valence-electron chi connectivity index (χ3n) is 10.8. The molecule has 0 radical (unpaired) electrons. The number of primary amides is 1. The molecule has 9 amide bonds. The normalized spacial score (nSPS) is 24.3. The van der Waals surface area contributed by atoms with Crippen LogP contribution >= 0.6 is 0 Å². The summed E-state index contributed by atoms with van der Waals surface area (Å²) < 4.78 is 0. The number of likely N-dealkylation sites (tertiary alicyclic amines) is 1. The lowest BCUT2D eigenvalue weighted by Crippen LogP contribution is -2.58. The molecule has 0 aliphatic carbocycles. The van der Waals surface area contributed by atoms with E-state index in [4.69, 9.17) is 5.73 Å². The van der Waals surface area contributed by atoms with Crippen LogP contribution in [0.25, 0.3) is 10.9 Å². The van der Waals surface area contributed by atoms with Gasteiger partial charge in [-0.1, -0.05) is 18.2 Å². The van der Waals surface area contributed by atoms with E-state index < -0.39 is 109 Å². The SMILES string of the molecule is C[C@@H]1NC(=O)C[C@@H](C(=O)N2CCC[C@H]2C(N)=O)NC(=O)[C@@H](NC(=O)CO)CCCCNC(=O)[C@H](Cc2c[nH]c3ccccc23)NC(=O)[C@H](CCCCN(C)C)NC(=O)CNC1=O. The monoisotopic (exact) mass is 867 g/mol. The molecular formula is C41H61N11O10. The van der Waals surface area contributed by atoms with E-state index in [-0.39, 0.29) is 45.2 Å². The quantitative estimate of drug-likeness (QED) is 0.103. The molecule has 2 aromatic rings. The lowest BCUT2D eigenvalue weighted by atomic mass is 10.0. The first kappa shape index (κ1) is 48.6. The summed E-state index contributed by atoms with van der Waals surface area (Å²) in [5.41, 5.74) is 7.13. The van der Waals surface area contributed by atoms with Crippen LogP contribution in [0.15, 0.2) is 30.5 Å². The Labute approximate surface area is 359 Å². The van der Waals surface area contributed by atoms with Crippen molar-refractivity contribution in [2.24, 2.45) is 5.73 Å². The molecule has 340 valence electrons. The Morgan fingerprint density at radius 2 is 1.61 bits per heavy atom. The molecule has 6 atom stereocenters. The largest absolute Gasteiger partial charge is 0.387 e. The molecule has 1 aromatic carbocycles. The second kappa shape index (κ2) is 23.8. The summed E-state index contributed by atoms with van der Waals surface area (Å²) in [6.07, 6.45) is 3.88. The van der Waals surface area contributed by atoms with Gasteiger partial charge in [0.15, 0.2) is 0 Å². The number of hydrogen-bond acceptors (Lipinski definition) is 11. The molecule has 2 aliphatic heterocycles. The molecule has 0 saturated carbocycles. The average Bonchev–Trinajstić information content (AvgIpc) is 3.90. The van der Waals surface area contributed by atoms with E-state index in [9.17, 15) is 48.3 Å². The van der Waals surface area contributed by atoms with Crippen molar-refractivity contribution in [2.75, 3.05) is 46.9 Å². The minimum atomic E-state index is -1.56. The molecular weight excluding hydrogens is 807 g/mol. The van der Waals surface area contributed by atoms with Crippen molar-refractivity contribution in [3.05, 3.63) is 36.0 Å². The van der Waals surface area contributed by atoms with Crippen molar-refractivity contribution in [3.63, 3.8) is 0 Å². The lowest BCUT2D eigenvalue weighted by Gasteiger charge is -2.29. The number of nitrogens with two attached hydrogens (primary N) is 1.